The van der Waals surface area contributed by atoms with Crippen molar-refractivity contribution >= 4 is 39.1 Å². The summed E-state index contributed by atoms with van der Waals surface area (Å²) in [6.45, 7) is 5.53. The summed E-state index contributed by atoms with van der Waals surface area (Å²) in [6, 6.07) is 9.15. The van der Waals surface area contributed by atoms with Crippen LogP contribution in [0.4, 0.5) is 0 Å². The number of rotatable bonds is 9. The lowest BCUT2D eigenvalue weighted by molar-refractivity contribution is 0.191. The molecule has 0 saturated heterocycles. The third-order valence-corrected chi connectivity index (χ3v) is 5.05. The van der Waals surface area contributed by atoms with Crippen LogP contribution < -0.4 is 14.8 Å². The molecule has 1 unspecified atom stereocenters. The van der Waals surface area contributed by atoms with Crippen molar-refractivity contribution in [2.24, 2.45) is 0 Å². The van der Waals surface area contributed by atoms with Gasteiger partial charge in [-0.1, -0.05) is 45.2 Å². The van der Waals surface area contributed by atoms with Crippen LogP contribution in [0, 0.1) is 0 Å². The van der Waals surface area contributed by atoms with Crippen LogP contribution in [0.1, 0.15) is 25.0 Å². The van der Waals surface area contributed by atoms with E-state index in [0.717, 1.165) is 15.6 Å². The molecule has 0 aliphatic carbocycles. The third-order valence-electron chi connectivity index (χ3n) is 3.60. The van der Waals surface area contributed by atoms with Crippen molar-refractivity contribution in [3.63, 3.8) is 0 Å². The van der Waals surface area contributed by atoms with E-state index in [0.29, 0.717) is 41.2 Å². The number of hydrogen-bond acceptors (Lipinski definition) is 4. The van der Waals surface area contributed by atoms with Gasteiger partial charge in [-0.25, -0.2) is 0 Å². The van der Waals surface area contributed by atoms with Crippen LogP contribution in [0.25, 0.3) is 0 Å². The SMILES string of the molecule is CCOc1cc(CNCC(C)O)c(Br)cc1OCc1c(Cl)cccc1Cl. The molecular weight excluding hydrogens is 441 g/mol. The maximum atomic E-state index is 9.37. The third kappa shape index (κ3) is 6.03. The molecule has 0 aromatic heterocycles. The predicted molar refractivity (Wildman–Crippen MR) is 109 cm³/mol. The van der Waals surface area contributed by atoms with Crippen molar-refractivity contribution in [2.45, 2.75) is 33.1 Å². The molecule has 2 aromatic carbocycles. The van der Waals surface area contributed by atoms with Gasteiger partial charge in [-0.3, -0.25) is 0 Å². The summed E-state index contributed by atoms with van der Waals surface area (Å²) in [4.78, 5) is 0. The standard InChI is InChI=1S/C19H22BrCl2NO3/c1-3-25-18-7-13(10-23-9-12(2)24)15(20)8-19(18)26-11-14-16(21)5-4-6-17(14)22/h4-8,12,23-24H,3,9-11H2,1-2H3. The molecule has 0 aliphatic heterocycles. The van der Waals surface area contributed by atoms with Crippen molar-refractivity contribution in [2.75, 3.05) is 13.2 Å². The van der Waals surface area contributed by atoms with Crippen LogP contribution in [0.5, 0.6) is 11.5 Å². The van der Waals surface area contributed by atoms with E-state index in [1.165, 1.54) is 0 Å². The zero-order valence-corrected chi connectivity index (χ0v) is 17.8. The topological polar surface area (TPSA) is 50.7 Å². The molecule has 0 amide bonds. The minimum Gasteiger partial charge on any atom is -0.490 e. The zero-order valence-electron chi connectivity index (χ0n) is 14.7. The number of benzene rings is 2. The van der Waals surface area contributed by atoms with Crippen molar-refractivity contribution in [1.82, 2.24) is 5.32 Å². The summed E-state index contributed by atoms with van der Waals surface area (Å²) < 4.78 is 12.5. The van der Waals surface area contributed by atoms with Crippen molar-refractivity contribution < 1.29 is 14.6 Å². The van der Waals surface area contributed by atoms with E-state index < -0.39 is 6.10 Å². The minimum absolute atomic E-state index is 0.241. The molecule has 4 nitrogen and oxygen atoms in total. The van der Waals surface area contributed by atoms with Crippen LogP contribution in [0.2, 0.25) is 10.0 Å². The zero-order chi connectivity index (χ0) is 19.1. The smallest absolute Gasteiger partial charge is 0.162 e. The van der Waals surface area contributed by atoms with Gasteiger partial charge in [0.25, 0.3) is 0 Å². The number of ether oxygens (including phenoxy) is 2. The van der Waals surface area contributed by atoms with Crippen LogP contribution in [-0.2, 0) is 13.2 Å². The average Bonchev–Trinajstić information content (AvgIpc) is 2.57. The van der Waals surface area contributed by atoms with E-state index in [2.05, 4.69) is 21.2 Å². The molecule has 0 heterocycles. The molecule has 142 valence electrons. The second-order valence-electron chi connectivity index (χ2n) is 5.79. The normalized spacial score (nSPS) is 12.1. The first kappa shape index (κ1) is 21.3. The highest BCUT2D eigenvalue weighted by Crippen LogP contribution is 2.35. The molecule has 2 N–H and O–H groups in total. The summed E-state index contributed by atoms with van der Waals surface area (Å²) in [7, 11) is 0. The molecule has 7 heteroatoms. The fraction of sp³-hybridized carbons (Fsp3) is 0.368. The number of hydrogen-bond donors (Lipinski definition) is 2. The van der Waals surface area contributed by atoms with Crippen molar-refractivity contribution in [1.29, 1.82) is 0 Å². The first-order valence-corrected chi connectivity index (χ1v) is 9.87. The molecule has 26 heavy (non-hydrogen) atoms. The van der Waals surface area contributed by atoms with Crippen LogP contribution in [0.3, 0.4) is 0 Å². The molecular formula is C19H22BrCl2NO3. The van der Waals surface area contributed by atoms with Gasteiger partial charge in [0, 0.05) is 33.2 Å². The molecule has 2 aromatic rings. The van der Waals surface area contributed by atoms with Gasteiger partial charge in [0.15, 0.2) is 11.5 Å². The summed E-state index contributed by atoms with van der Waals surface area (Å²) in [6.07, 6.45) is -0.400. The Morgan fingerprint density at radius 2 is 1.81 bits per heavy atom. The van der Waals surface area contributed by atoms with Gasteiger partial charge in [-0.05, 0) is 43.7 Å². The van der Waals surface area contributed by atoms with Crippen LogP contribution in [0.15, 0.2) is 34.8 Å². The van der Waals surface area contributed by atoms with Gasteiger partial charge >= 0.3 is 0 Å². The summed E-state index contributed by atoms with van der Waals surface area (Å²) in [5.41, 5.74) is 1.74. The number of nitrogens with one attached hydrogen (secondary N) is 1. The fourth-order valence-electron chi connectivity index (χ4n) is 2.33. The maximum absolute atomic E-state index is 9.37. The lowest BCUT2D eigenvalue weighted by Crippen LogP contribution is -2.24. The quantitative estimate of drug-likeness (QED) is 0.537. The summed E-state index contributed by atoms with van der Waals surface area (Å²) in [5.74, 6) is 1.25. The van der Waals surface area contributed by atoms with E-state index in [-0.39, 0.29) is 6.61 Å². The van der Waals surface area contributed by atoms with Gasteiger partial charge in [-0.15, -0.1) is 0 Å². The van der Waals surface area contributed by atoms with E-state index in [9.17, 15) is 5.11 Å². The van der Waals surface area contributed by atoms with Crippen molar-refractivity contribution in [3.05, 3.63) is 56.0 Å². The predicted octanol–water partition coefficient (Wildman–Crippen LogP) is 5.20. The Morgan fingerprint density at radius 3 is 2.42 bits per heavy atom. The van der Waals surface area contributed by atoms with E-state index in [1.54, 1.807) is 25.1 Å². The minimum atomic E-state index is -0.400. The monoisotopic (exact) mass is 461 g/mol. The first-order chi connectivity index (χ1) is 12.4. The van der Waals surface area contributed by atoms with Gasteiger partial charge in [0.2, 0.25) is 0 Å². The lowest BCUT2D eigenvalue weighted by atomic mass is 10.2. The summed E-state index contributed by atoms with van der Waals surface area (Å²) >= 11 is 16.0. The molecule has 0 saturated carbocycles. The highest BCUT2D eigenvalue weighted by Gasteiger charge is 2.13. The Balaban J connectivity index is 2.17. The highest BCUT2D eigenvalue weighted by molar-refractivity contribution is 9.10. The van der Waals surface area contributed by atoms with Crippen molar-refractivity contribution in [3.8, 4) is 11.5 Å². The molecule has 0 aliphatic rings. The number of aliphatic hydroxyl groups is 1. The molecule has 0 bridgehead atoms. The maximum Gasteiger partial charge on any atom is 0.162 e. The summed E-state index contributed by atoms with van der Waals surface area (Å²) in [5, 5.41) is 13.7. The molecule has 0 spiro atoms. The first-order valence-electron chi connectivity index (χ1n) is 8.32. The largest absolute Gasteiger partial charge is 0.490 e. The lowest BCUT2D eigenvalue weighted by Gasteiger charge is -2.16. The Kier molecular flexibility index (Phi) is 8.51. The van der Waals surface area contributed by atoms with Gasteiger partial charge in [-0.2, -0.15) is 0 Å². The number of aliphatic hydroxyl groups excluding tert-OH is 1. The Labute approximate surface area is 172 Å². The average molecular weight is 463 g/mol. The Morgan fingerprint density at radius 1 is 1.15 bits per heavy atom. The van der Waals surface area contributed by atoms with E-state index in [1.807, 2.05) is 19.1 Å². The van der Waals surface area contributed by atoms with Crippen LogP contribution >= 0.6 is 39.1 Å². The van der Waals surface area contributed by atoms with E-state index in [4.69, 9.17) is 32.7 Å². The molecule has 0 fully saturated rings. The van der Waals surface area contributed by atoms with Crippen LogP contribution in [-0.4, -0.2) is 24.4 Å². The Bertz CT molecular complexity index is 721. The molecule has 1 atom stereocenters. The Hall–Kier alpha value is -0.980. The molecule has 0 radical (unpaired) electrons. The van der Waals surface area contributed by atoms with Gasteiger partial charge < -0.3 is 19.9 Å². The second kappa shape index (κ2) is 10.4. The fourth-order valence-corrected chi connectivity index (χ4v) is 3.30. The second-order valence-corrected chi connectivity index (χ2v) is 7.46. The molecule has 2 rings (SSSR count). The highest BCUT2D eigenvalue weighted by atomic mass is 79.9. The van der Waals surface area contributed by atoms with Gasteiger partial charge in [0.05, 0.1) is 12.7 Å². The van der Waals surface area contributed by atoms with E-state index >= 15 is 0 Å². The van der Waals surface area contributed by atoms with Gasteiger partial charge in [0.1, 0.15) is 6.61 Å². The number of halogens is 3.